The van der Waals surface area contributed by atoms with Crippen molar-refractivity contribution < 1.29 is 69.6 Å². The van der Waals surface area contributed by atoms with E-state index < -0.39 is 96.5 Å². The first-order valence-electron chi connectivity index (χ1n) is 19.6. The normalized spacial score (nSPS) is 53.3. The highest BCUT2D eigenvalue weighted by molar-refractivity contribution is 5.21. The number of ether oxygens (including phenoxy) is 5. The van der Waals surface area contributed by atoms with Crippen LogP contribution in [0.4, 0.5) is 0 Å². The molecule has 2 saturated heterocycles. The maximum Gasteiger partial charge on any atom is 0.186 e. The quantitative estimate of drug-likeness (QED) is 0.136. The molecule has 14 heteroatoms. The third-order valence-corrected chi connectivity index (χ3v) is 14.9. The Morgan fingerprint density at radius 2 is 1.46 bits per heavy atom. The molecule has 0 spiro atoms. The van der Waals surface area contributed by atoms with Gasteiger partial charge in [-0.3, -0.25) is 0 Å². The molecule has 0 amide bonds. The van der Waals surface area contributed by atoms with Crippen molar-refractivity contribution >= 4 is 0 Å². The summed E-state index contributed by atoms with van der Waals surface area (Å²) in [5.41, 5.74) is -2.25. The molecule has 14 nitrogen and oxygen atoms in total. The summed E-state index contributed by atoms with van der Waals surface area (Å²) in [4.78, 5) is 0. The molecule has 21 atom stereocenters. The van der Waals surface area contributed by atoms with Crippen molar-refractivity contribution in [3.05, 3.63) is 0 Å². The SMILES string of the molecule is CO[C@@H]1[C@H](OC[C@H]2O[C@H](O[C@@H](CC[C@@H](C)[C@H]3C[C@@H](O)[C@@H]4[C@]3(C)CC[C@@H]3[C@@]5(C)CC[C@H](O)[C@H](O)[C@@H]5[C@@H](O)C[C@]34O)C(C)C)[C@@H](O)[C@H]2O)OC[C@H](O)[C@@H]1O. The van der Waals surface area contributed by atoms with E-state index in [2.05, 4.69) is 13.8 Å². The average Bonchev–Trinajstić information content (AvgIpc) is 3.51. The summed E-state index contributed by atoms with van der Waals surface area (Å²) in [6.45, 7) is 10.1. The first-order valence-corrected chi connectivity index (χ1v) is 19.6. The van der Waals surface area contributed by atoms with E-state index in [9.17, 15) is 46.0 Å². The van der Waals surface area contributed by atoms with Gasteiger partial charge in [-0.15, -0.1) is 0 Å². The second-order valence-electron chi connectivity index (χ2n) is 18.2. The first kappa shape index (κ1) is 41.1. The predicted molar refractivity (Wildman–Crippen MR) is 184 cm³/mol. The lowest BCUT2D eigenvalue weighted by atomic mass is 9.41. The number of aliphatic hydroxyl groups excluding tert-OH is 8. The van der Waals surface area contributed by atoms with Crippen molar-refractivity contribution in [2.75, 3.05) is 20.3 Å². The van der Waals surface area contributed by atoms with Crippen LogP contribution in [0.2, 0.25) is 0 Å². The lowest BCUT2D eigenvalue weighted by Crippen LogP contribution is -2.70. The zero-order valence-corrected chi connectivity index (χ0v) is 31.6. The van der Waals surface area contributed by atoms with Gasteiger partial charge in [0.1, 0.15) is 36.6 Å². The van der Waals surface area contributed by atoms with Gasteiger partial charge in [-0.25, -0.2) is 0 Å². The van der Waals surface area contributed by atoms with Crippen LogP contribution in [0.15, 0.2) is 0 Å². The molecule has 0 aromatic carbocycles. The molecular weight excluding hydrogens is 680 g/mol. The molecule has 0 bridgehead atoms. The Morgan fingerprint density at radius 3 is 2.13 bits per heavy atom. The first-order chi connectivity index (χ1) is 24.4. The minimum Gasteiger partial charge on any atom is -0.393 e. The molecule has 52 heavy (non-hydrogen) atoms. The molecule has 9 N–H and O–H groups in total. The lowest BCUT2D eigenvalue weighted by Gasteiger charge is -2.66. The van der Waals surface area contributed by atoms with Crippen LogP contribution in [0, 0.1) is 46.3 Å². The molecule has 0 unspecified atom stereocenters. The van der Waals surface area contributed by atoms with E-state index in [4.69, 9.17) is 23.7 Å². The summed E-state index contributed by atoms with van der Waals surface area (Å²) >= 11 is 0. The van der Waals surface area contributed by atoms with Crippen molar-refractivity contribution in [3.63, 3.8) is 0 Å². The van der Waals surface area contributed by atoms with Gasteiger partial charge in [-0.2, -0.15) is 0 Å². The van der Waals surface area contributed by atoms with Crippen LogP contribution in [0.25, 0.3) is 0 Å². The molecule has 2 aliphatic heterocycles. The van der Waals surface area contributed by atoms with E-state index in [0.29, 0.717) is 32.1 Å². The number of methoxy groups -OCH3 is 1. The van der Waals surface area contributed by atoms with Crippen LogP contribution < -0.4 is 0 Å². The van der Waals surface area contributed by atoms with Gasteiger partial charge in [0.15, 0.2) is 12.6 Å². The van der Waals surface area contributed by atoms with Crippen LogP contribution in [0.3, 0.4) is 0 Å². The van der Waals surface area contributed by atoms with E-state index in [1.807, 2.05) is 20.8 Å². The summed E-state index contributed by atoms with van der Waals surface area (Å²) in [7, 11) is 1.36. The highest BCUT2D eigenvalue weighted by Gasteiger charge is 2.71. The van der Waals surface area contributed by atoms with Crippen molar-refractivity contribution in [3.8, 4) is 0 Å². The van der Waals surface area contributed by atoms with Gasteiger partial charge in [0.2, 0.25) is 0 Å². The predicted octanol–water partition coefficient (Wildman–Crippen LogP) is 0.0474. The van der Waals surface area contributed by atoms with Crippen LogP contribution in [-0.4, -0.2) is 152 Å². The minimum absolute atomic E-state index is 0.0527. The molecule has 4 aliphatic carbocycles. The molecule has 4 saturated carbocycles. The summed E-state index contributed by atoms with van der Waals surface area (Å²) in [5.74, 6) is -0.880. The zero-order chi connectivity index (χ0) is 38.1. The second-order valence-corrected chi connectivity index (χ2v) is 18.2. The van der Waals surface area contributed by atoms with Crippen LogP contribution in [0.5, 0.6) is 0 Å². The average molecular weight is 747 g/mol. The summed E-state index contributed by atoms with van der Waals surface area (Å²) in [6.07, 6.45) is -8.46. The number of rotatable bonds is 11. The fourth-order valence-corrected chi connectivity index (χ4v) is 12.2. The minimum atomic E-state index is -1.33. The number of hydrogen-bond donors (Lipinski definition) is 9. The van der Waals surface area contributed by atoms with E-state index >= 15 is 0 Å². The summed E-state index contributed by atoms with van der Waals surface area (Å²) < 4.78 is 28.7. The molecule has 0 aromatic heterocycles. The number of aliphatic hydroxyl groups is 9. The van der Waals surface area contributed by atoms with E-state index in [-0.39, 0.29) is 54.8 Å². The molecule has 6 aliphatic rings. The topological polar surface area (TPSA) is 228 Å². The van der Waals surface area contributed by atoms with Gasteiger partial charge in [-0.1, -0.05) is 34.6 Å². The molecular formula is C38H66O14. The fourth-order valence-electron chi connectivity index (χ4n) is 12.2. The highest BCUT2D eigenvalue weighted by atomic mass is 16.7. The van der Waals surface area contributed by atoms with E-state index in [0.717, 1.165) is 12.8 Å². The van der Waals surface area contributed by atoms with E-state index in [1.54, 1.807) is 0 Å². The van der Waals surface area contributed by atoms with Crippen molar-refractivity contribution in [1.82, 2.24) is 0 Å². The van der Waals surface area contributed by atoms with E-state index in [1.165, 1.54) is 7.11 Å². The van der Waals surface area contributed by atoms with Crippen molar-refractivity contribution in [1.29, 1.82) is 0 Å². The molecule has 302 valence electrons. The summed E-state index contributed by atoms with van der Waals surface area (Å²) in [6, 6.07) is 0. The van der Waals surface area contributed by atoms with Gasteiger partial charge >= 0.3 is 0 Å². The van der Waals surface area contributed by atoms with Crippen LogP contribution in [-0.2, 0) is 23.7 Å². The van der Waals surface area contributed by atoms with Gasteiger partial charge < -0.3 is 69.6 Å². The van der Waals surface area contributed by atoms with Gasteiger partial charge in [0.05, 0.1) is 49.3 Å². The van der Waals surface area contributed by atoms with Crippen LogP contribution in [0.1, 0.15) is 86.0 Å². The Labute approximate surface area is 307 Å². The van der Waals surface area contributed by atoms with Gasteiger partial charge in [-0.05, 0) is 79.4 Å². The molecule has 6 fully saturated rings. The Bertz CT molecular complexity index is 1210. The fraction of sp³-hybridized carbons (Fsp3) is 1.00. The Hall–Kier alpha value is -0.560. The standard InChI is InChI=1S/C38H66O14/c1-17(2)24(51-34-31(46)30(45)25(52-34)16-50-35-32(48-6)29(44)23(42)15-49-35)8-7-18(3)19-13-21(40)33-36(19,4)12-10-26-37(5)11-9-20(39)28(43)27(37)22(41)14-38(26,33)47/h17-35,39-47H,7-16H2,1-6H3/t18-,19-,20+,21-,22+,23+,24+,25-,26-,27+,28+,29+,30+,31+,32+,33-,34+,35+,36-,37-,38+/m1/s1. The smallest absolute Gasteiger partial charge is 0.186 e. The molecule has 6 rings (SSSR count). The molecule has 0 radical (unpaired) electrons. The largest absolute Gasteiger partial charge is 0.393 e. The summed E-state index contributed by atoms with van der Waals surface area (Å²) in [5, 5.41) is 98.9. The monoisotopic (exact) mass is 746 g/mol. The second kappa shape index (κ2) is 15.4. The Kier molecular flexibility index (Phi) is 12.2. The van der Waals surface area contributed by atoms with Crippen LogP contribution >= 0.6 is 0 Å². The lowest BCUT2D eigenvalue weighted by molar-refractivity contribution is -0.285. The third kappa shape index (κ3) is 6.92. The number of fused-ring (bicyclic) bond motifs is 5. The third-order valence-electron chi connectivity index (χ3n) is 14.9. The van der Waals surface area contributed by atoms with Gasteiger partial charge in [0.25, 0.3) is 0 Å². The highest BCUT2D eigenvalue weighted by Crippen LogP contribution is 2.69. The van der Waals surface area contributed by atoms with Crippen molar-refractivity contribution in [2.24, 2.45) is 46.3 Å². The maximum atomic E-state index is 12.6. The van der Waals surface area contributed by atoms with Gasteiger partial charge in [0, 0.05) is 25.4 Å². The maximum absolute atomic E-state index is 12.6. The number of hydrogen-bond acceptors (Lipinski definition) is 14. The molecule has 0 aromatic rings. The Balaban J connectivity index is 1.08. The Morgan fingerprint density at radius 1 is 0.769 bits per heavy atom. The zero-order valence-electron chi connectivity index (χ0n) is 31.6. The van der Waals surface area contributed by atoms with Crippen molar-refractivity contribution in [2.45, 2.75) is 171 Å². The molecule has 2 heterocycles.